The van der Waals surface area contributed by atoms with Crippen molar-refractivity contribution < 1.29 is 9.59 Å². The zero-order chi connectivity index (χ0) is 20.7. The van der Waals surface area contributed by atoms with Crippen molar-refractivity contribution in [2.75, 3.05) is 39.3 Å². The third-order valence-electron chi connectivity index (χ3n) is 6.82. The Bertz CT molecular complexity index is 782. The zero-order valence-electron chi connectivity index (χ0n) is 18.4. The van der Waals surface area contributed by atoms with Gasteiger partial charge in [-0.15, -0.1) is 0 Å². The maximum atomic E-state index is 13.5. The third-order valence-corrected chi connectivity index (χ3v) is 6.82. The predicted molar refractivity (Wildman–Crippen MR) is 112 cm³/mol. The van der Waals surface area contributed by atoms with Crippen LogP contribution in [-0.4, -0.2) is 81.4 Å². The molecule has 1 saturated carbocycles. The highest BCUT2D eigenvalue weighted by Gasteiger charge is 2.37. The van der Waals surface area contributed by atoms with Gasteiger partial charge in [0.25, 0.3) is 11.8 Å². The molecule has 7 nitrogen and oxygen atoms in total. The summed E-state index contributed by atoms with van der Waals surface area (Å²) in [5.74, 6) is 1.95. The molecule has 2 aliphatic heterocycles. The van der Waals surface area contributed by atoms with E-state index >= 15 is 0 Å². The van der Waals surface area contributed by atoms with Crippen molar-refractivity contribution >= 4 is 11.8 Å². The molecule has 160 valence electrons. The summed E-state index contributed by atoms with van der Waals surface area (Å²) in [5, 5.41) is 0. The number of nitrogens with zero attached hydrogens (tertiary/aromatic N) is 5. The van der Waals surface area contributed by atoms with E-state index in [0.29, 0.717) is 43.0 Å². The quantitative estimate of drug-likeness (QED) is 0.759. The van der Waals surface area contributed by atoms with E-state index in [9.17, 15) is 9.59 Å². The van der Waals surface area contributed by atoms with Crippen molar-refractivity contribution in [2.24, 2.45) is 11.8 Å². The largest absolute Gasteiger partial charge is 0.336 e. The van der Waals surface area contributed by atoms with E-state index in [2.05, 4.69) is 23.7 Å². The summed E-state index contributed by atoms with van der Waals surface area (Å²) in [5.41, 5.74) is 0.838. The van der Waals surface area contributed by atoms with Gasteiger partial charge in [0.2, 0.25) is 0 Å². The first kappa shape index (κ1) is 20.4. The lowest BCUT2D eigenvalue weighted by atomic mass is 10.0. The molecule has 4 rings (SSSR count). The number of aryl methyl sites for hydroxylation is 1. The first-order valence-electron chi connectivity index (χ1n) is 11.3. The van der Waals surface area contributed by atoms with Crippen LogP contribution < -0.4 is 0 Å². The smallest absolute Gasteiger partial charge is 0.274 e. The lowest BCUT2D eigenvalue weighted by Gasteiger charge is -2.34. The Morgan fingerprint density at radius 2 is 1.93 bits per heavy atom. The summed E-state index contributed by atoms with van der Waals surface area (Å²) in [6.07, 6.45) is 3.67. The van der Waals surface area contributed by atoms with Gasteiger partial charge in [0, 0.05) is 51.9 Å². The van der Waals surface area contributed by atoms with Gasteiger partial charge < -0.3 is 14.4 Å². The molecule has 1 aliphatic carbocycles. The van der Waals surface area contributed by atoms with Gasteiger partial charge in [-0.1, -0.05) is 13.8 Å². The number of carbonyl (C=O) groups excluding carboxylic acids is 2. The molecule has 0 spiro atoms. The molecule has 1 saturated heterocycles. The van der Waals surface area contributed by atoms with Crippen LogP contribution in [0.15, 0.2) is 0 Å². The van der Waals surface area contributed by atoms with Crippen molar-refractivity contribution in [1.82, 2.24) is 24.3 Å². The van der Waals surface area contributed by atoms with Gasteiger partial charge in [-0.3, -0.25) is 14.5 Å². The van der Waals surface area contributed by atoms with Crippen LogP contribution >= 0.6 is 0 Å². The number of likely N-dealkylation sites (N-methyl/N-ethyl adjacent to an activating group) is 1. The van der Waals surface area contributed by atoms with Crippen LogP contribution in [0.5, 0.6) is 0 Å². The predicted octanol–water partition coefficient (Wildman–Crippen LogP) is 2.25. The standard InChI is InChI=1S/C22H35N5O2/c1-5-24-11-12-27-16(4)23-19(20(27)22(24)29)21(28)26-10-6-9-25(13-17-7-8-17)18(14-26)15(2)3/h15,17-18H,5-14H2,1-4H3/t18-/m0/s1. The van der Waals surface area contributed by atoms with Crippen molar-refractivity contribution in [1.29, 1.82) is 0 Å². The molecule has 3 heterocycles. The van der Waals surface area contributed by atoms with Gasteiger partial charge in [-0.2, -0.15) is 0 Å². The molecular weight excluding hydrogens is 366 g/mol. The number of hydrogen-bond donors (Lipinski definition) is 0. The van der Waals surface area contributed by atoms with Crippen molar-refractivity contribution in [3.05, 3.63) is 17.2 Å². The van der Waals surface area contributed by atoms with Gasteiger partial charge in [-0.25, -0.2) is 4.98 Å². The van der Waals surface area contributed by atoms with E-state index in [4.69, 9.17) is 0 Å². The third kappa shape index (κ3) is 3.93. The monoisotopic (exact) mass is 401 g/mol. The molecule has 1 aromatic rings. The zero-order valence-corrected chi connectivity index (χ0v) is 18.4. The van der Waals surface area contributed by atoms with Crippen LogP contribution in [0.2, 0.25) is 0 Å². The molecule has 2 amide bonds. The Hall–Kier alpha value is -1.89. The van der Waals surface area contributed by atoms with Crippen molar-refractivity contribution in [3.63, 3.8) is 0 Å². The number of hydrogen-bond acceptors (Lipinski definition) is 4. The number of carbonyl (C=O) groups is 2. The summed E-state index contributed by atoms with van der Waals surface area (Å²) in [7, 11) is 0. The molecule has 0 radical (unpaired) electrons. The number of amides is 2. The molecule has 2 fully saturated rings. The Balaban J connectivity index is 1.59. The van der Waals surface area contributed by atoms with Crippen LogP contribution in [0, 0.1) is 18.8 Å². The summed E-state index contributed by atoms with van der Waals surface area (Å²) >= 11 is 0. The van der Waals surface area contributed by atoms with E-state index in [1.807, 2.05) is 28.2 Å². The molecule has 0 bridgehead atoms. The molecule has 0 unspecified atom stereocenters. The summed E-state index contributed by atoms with van der Waals surface area (Å²) in [6, 6.07) is 0.365. The van der Waals surface area contributed by atoms with E-state index in [1.54, 1.807) is 0 Å². The molecule has 0 N–H and O–H groups in total. The second-order valence-electron chi connectivity index (χ2n) is 9.25. The molecule has 3 aliphatic rings. The minimum atomic E-state index is -0.0768. The number of aromatic nitrogens is 2. The fraction of sp³-hybridized carbons (Fsp3) is 0.773. The average molecular weight is 402 g/mol. The number of rotatable bonds is 5. The second-order valence-corrected chi connectivity index (χ2v) is 9.25. The number of fused-ring (bicyclic) bond motifs is 1. The summed E-state index contributed by atoms with van der Waals surface area (Å²) in [4.78, 5) is 37.5. The Kier molecular flexibility index (Phi) is 5.69. The van der Waals surface area contributed by atoms with Crippen molar-refractivity contribution in [2.45, 2.75) is 59.5 Å². The summed E-state index contributed by atoms with van der Waals surface area (Å²) < 4.78 is 1.93. The molecule has 1 aromatic heterocycles. The first-order chi connectivity index (χ1) is 13.9. The number of imidazole rings is 1. The van der Waals surface area contributed by atoms with Gasteiger partial charge in [0.05, 0.1) is 0 Å². The van der Waals surface area contributed by atoms with Crippen LogP contribution in [0.3, 0.4) is 0 Å². The Labute approximate surface area is 174 Å². The second kappa shape index (κ2) is 8.09. The fourth-order valence-corrected chi connectivity index (χ4v) is 4.87. The summed E-state index contributed by atoms with van der Waals surface area (Å²) in [6.45, 7) is 14.1. The van der Waals surface area contributed by atoms with E-state index in [0.717, 1.165) is 44.3 Å². The van der Waals surface area contributed by atoms with Crippen LogP contribution in [-0.2, 0) is 6.54 Å². The van der Waals surface area contributed by atoms with Crippen molar-refractivity contribution in [3.8, 4) is 0 Å². The van der Waals surface area contributed by atoms with Gasteiger partial charge in [0.15, 0.2) is 5.69 Å². The maximum Gasteiger partial charge on any atom is 0.274 e. The molecular formula is C22H35N5O2. The highest BCUT2D eigenvalue weighted by atomic mass is 16.2. The highest BCUT2D eigenvalue weighted by molar-refractivity contribution is 6.05. The van der Waals surface area contributed by atoms with Crippen LogP contribution in [0.1, 0.15) is 66.8 Å². The lowest BCUT2D eigenvalue weighted by Crippen LogP contribution is -2.47. The van der Waals surface area contributed by atoms with Crippen LogP contribution in [0.4, 0.5) is 0 Å². The fourth-order valence-electron chi connectivity index (χ4n) is 4.87. The first-order valence-corrected chi connectivity index (χ1v) is 11.3. The van der Waals surface area contributed by atoms with E-state index in [-0.39, 0.29) is 11.8 Å². The normalized spacial score (nSPS) is 23.5. The minimum absolute atomic E-state index is 0.0618. The SMILES string of the molecule is CCN1CCn2c(C)nc(C(=O)N3CCCN(CC4CC4)[C@H](C(C)C)C3)c2C1=O. The molecule has 1 atom stereocenters. The average Bonchev–Trinajstić information content (AvgIpc) is 3.48. The topological polar surface area (TPSA) is 61.7 Å². The molecule has 0 aromatic carbocycles. The van der Waals surface area contributed by atoms with Gasteiger partial charge >= 0.3 is 0 Å². The van der Waals surface area contributed by atoms with Crippen LogP contribution in [0.25, 0.3) is 0 Å². The minimum Gasteiger partial charge on any atom is -0.336 e. The molecule has 7 heteroatoms. The lowest BCUT2D eigenvalue weighted by molar-refractivity contribution is 0.0662. The van der Waals surface area contributed by atoms with Gasteiger partial charge in [0.1, 0.15) is 11.5 Å². The Morgan fingerprint density at radius 1 is 1.17 bits per heavy atom. The molecule has 29 heavy (non-hydrogen) atoms. The van der Waals surface area contributed by atoms with Gasteiger partial charge in [-0.05, 0) is 44.9 Å². The highest BCUT2D eigenvalue weighted by Crippen LogP contribution is 2.32. The maximum absolute atomic E-state index is 13.5. The van der Waals surface area contributed by atoms with E-state index < -0.39 is 0 Å². The van der Waals surface area contributed by atoms with E-state index in [1.165, 1.54) is 12.8 Å². The Morgan fingerprint density at radius 3 is 2.59 bits per heavy atom.